The number of carbonyl (C=O) groups is 1. The van der Waals surface area contributed by atoms with Crippen LogP contribution in [0.4, 0.5) is 0 Å². The van der Waals surface area contributed by atoms with Gasteiger partial charge in [-0.2, -0.15) is 0 Å². The maximum atomic E-state index is 12.7. The molecule has 122 valence electrons. The van der Waals surface area contributed by atoms with E-state index >= 15 is 0 Å². The van der Waals surface area contributed by atoms with Crippen molar-refractivity contribution in [2.45, 2.75) is 52.9 Å². The highest BCUT2D eigenvalue weighted by atomic mass is 79.9. The van der Waals surface area contributed by atoms with E-state index in [4.69, 9.17) is 4.74 Å². The Hall–Kier alpha value is -0.830. The molecule has 2 nitrogen and oxygen atoms in total. The van der Waals surface area contributed by atoms with Gasteiger partial charge in [0.1, 0.15) is 0 Å². The highest BCUT2D eigenvalue weighted by molar-refractivity contribution is 9.10. The number of rotatable bonds is 4. The number of hydrogen-bond acceptors (Lipinski definition) is 2. The van der Waals surface area contributed by atoms with Crippen LogP contribution in [0.1, 0.15) is 57.1 Å². The molecule has 0 aliphatic heterocycles. The number of ether oxygens (including phenoxy) is 1. The van der Waals surface area contributed by atoms with Gasteiger partial charge in [-0.15, -0.1) is 0 Å². The molecular formula is C19H27BrO2. The van der Waals surface area contributed by atoms with Crippen LogP contribution >= 0.6 is 15.9 Å². The monoisotopic (exact) mass is 366 g/mol. The van der Waals surface area contributed by atoms with Crippen LogP contribution in [0.3, 0.4) is 0 Å². The molecule has 0 saturated heterocycles. The van der Waals surface area contributed by atoms with Crippen LogP contribution in [0.5, 0.6) is 0 Å². The Bertz CT molecular complexity index is 516. The van der Waals surface area contributed by atoms with Gasteiger partial charge in [-0.25, -0.2) is 0 Å². The zero-order valence-corrected chi connectivity index (χ0v) is 15.7. The third-order valence-electron chi connectivity index (χ3n) is 4.80. The molecule has 0 heterocycles. The minimum Gasteiger partial charge on any atom is -0.466 e. The van der Waals surface area contributed by atoms with Crippen molar-refractivity contribution < 1.29 is 9.53 Å². The van der Waals surface area contributed by atoms with Crippen LogP contribution in [0.2, 0.25) is 0 Å². The lowest BCUT2D eigenvalue weighted by molar-refractivity contribution is -0.147. The van der Waals surface area contributed by atoms with E-state index in [1.54, 1.807) is 0 Å². The molecule has 0 spiro atoms. The summed E-state index contributed by atoms with van der Waals surface area (Å²) in [5.74, 6) is 1.54. The normalized spacial score (nSPS) is 26.5. The number of benzene rings is 1. The second-order valence-electron chi connectivity index (χ2n) is 6.91. The lowest BCUT2D eigenvalue weighted by Gasteiger charge is -2.36. The minimum atomic E-state index is -0.136. The standard InChI is InChI=1S/C19H27BrO2/c1-5-22-19(21)18(15-9-12(2)8-13(3)10-15)17-11-16(20)7-6-14(17)4/h6-7,11-13,15,18H,5,8-10H2,1-4H3. The van der Waals surface area contributed by atoms with Crippen molar-refractivity contribution in [3.05, 3.63) is 33.8 Å². The molecule has 22 heavy (non-hydrogen) atoms. The fourth-order valence-electron chi connectivity index (χ4n) is 4.03. The van der Waals surface area contributed by atoms with Crippen LogP contribution in [-0.2, 0) is 9.53 Å². The molecule has 1 saturated carbocycles. The van der Waals surface area contributed by atoms with Crippen molar-refractivity contribution in [3.8, 4) is 0 Å². The molecule has 3 heteroatoms. The topological polar surface area (TPSA) is 26.3 Å². The number of aryl methyl sites for hydroxylation is 1. The zero-order chi connectivity index (χ0) is 16.3. The molecule has 1 aromatic rings. The zero-order valence-electron chi connectivity index (χ0n) is 14.1. The van der Waals surface area contributed by atoms with E-state index in [-0.39, 0.29) is 11.9 Å². The molecule has 0 aromatic heterocycles. The van der Waals surface area contributed by atoms with Gasteiger partial charge in [0, 0.05) is 4.47 Å². The molecule has 1 fully saturated rings. The molecule has 0 bridgehead atoms. The lowest BCUT2D eigenvalue weighted by atomic mass is 9.69. The van der Waals surface area contributed by atoms with Crippen molar-refractivity contribution in [2.24, 2.45) is 17.8 Å². The molecule has 1 aromatic carbocycles. The SMILES string of the molecule is CCOC(=O)C(c1cc(Br)ccc1C)C1CC(C)CC(C)C1. The number of carbonyl (C=O) groups excluding carboxylic acids is 1. The summed E-state index contributed by atoms with van der Waals surface area (Å²) in [4.78, 5) is 12.7. The number of halogens is 1. The van der Waals surface area contributed by atoms with E-state index in [1.165, 1.54) is 12.0 Å². The molecule has 2 rings (SSSR count). The number of hydrogen-bond donors (Lipinski definition) is 0. The molecular weight excluding hydrogens is 340 g/mol. The molecule has 1 aliphatic carbocycles. The first-order valence-electron chi connectivity index (χ1n) is 8.35. The van der Waals surface area contributed by atoms with Crippen LogP contribution in [-0.4, -0.2) is 12.6 Å². The summed E-state index contributed by atoms with van der Waals surface area (Å²) < 4.78 is 6.45. The van der Waals surface area contributed by atoms with Gasteiger partial charge < -0.3 is 4.74 Å². The quantitative estimate of drug-likeness (QED) is 0.659. The third kappa shape index (κ3) is 4.13. The average molecular weight is 367 g/mol. The van der Waals surface area contributed by atoms with E-state index < -0.39 is 0 Å². The number of esters is 1. The third-order valence-corrected chi connectivity index (χ3v) is 5.30. The summed E-state index contributed by atoms with van der Waals surface area (Å²) in [5.41, 5.74) is 2.30. The van der Waals surface area contributed by atoms with Crippen LogP contribution in [0.25, 0.3) is 0 Å². The molecule has 0 amide bonds. The van der Waals surface area contributed by atoms with Gasteiger partial charge in [-0.1, -0.05) is 35.8 Å². The summed E-state index contributed by atoms with van der Waals surface area (Å²) in [5, 5.41) is 0. The maximum Gasteiger partial charge on any atom is 0.313 e. The van der Waals surface area contributed by atoms with E-state index in [0.717, 1.165) is 22.9 Å². The molecule has 3 unspecified atom stereocenters. The Morgan fingerprint density at radius 1 is 1.27 bits per heavy atom. The Kier molecular flexibility index (Phi) is 6.08. The lowest BCUT2D eigenvalue weighted by Crippen LogP contribution is -2.30. The summed E-state index contributed by atoms with van der Waals surface area (Å²) in [6, 6.07) is 6.22. The summed E-state index contributed by atoms with van der Waals surface area (Å²) in [6.07, 6.45) is 3.49. The second-order valence-corrected chi connectivity index (χ2v) is 7.82. The van der Waals surface area contributed by atoms with E-state index in [0.29, 0.717) is 24.4 Å². The van der Waals surface area contributed by atoms with Crippen molar-refractivity contribution in [1.29, 1.82) is 0 Å². The maximum absolute atomic E-state index is 12.7. The molecule has 3 atom stereocenters. The van der Waals surface area contributed by atoms with Gasteiger partial charge in [0.15, 0.2) is 0 Å². The Morgan fingerprint density at radius 3 is 2.50 bits per heavy atom. The largest absolute Gasteiger partial charge is 0.466 e. The van der Waals surface area contributed by atoms with Crippen molar-refractivity contribution in [2.75, 3.05) is 6.61 Å². The van der Waals surface area contributed by atoms with Gasteiger partial charge >= 0.3 is 5.97 Å². The van der Waals surface area contributed by atoms with Gasteiger partial charge in [-0.05, 0) is 74.1 Å². The van der Waals surface area contributed by atoms with E-state index in [2.05, 4.69) is 48.8 Å². The average Bonchev–Trinajstić information content (AvgIpc) is 2.42. The van der Waals surface area contributed by atoms with E-state index in [1.807, 2.05) is 13.0 Å². The Morgan fingerprint density at radius 2 is 1.91 bits per heavy atom. The van der Waals surface area contributed by atoms with Gasteiger partial charge in [-0.3, -0.25) is 4.79 Å². The summed E-state index contributed by atoms with van der Waals surface area (Å²) in [7, 11) is 0. The molecule has 0 N–H and O–H groups in total. The van der Waals surface area contributed by atoms with Gasteiger partial charge in [0.05, 0.1) is 12.5 Å². The fourth-order valence-corrected chi connectivity index (χ4v) is 4.41. The summed E-state index contributed by atoms with van der Waals surface area (Å²) in [6.45, 7) is 9.02. The van der Waals surface area contributed by atoms with Crippen molar-refractivity contribution >= 4 is 21.9 Å². The van der Waals surface area contributed by atoms with Crippen molar-refractivity contribution in [3.63, 3.8) is 0 Å². The molecule has 0 radical (unpaired) electrons. The van der Waals surface area contributed by atoms with Crippen LogP contribution in [0.15, 0.2) is 22.7 Å². The fraction of sp³-hybridized carbons (Fsp3) is 0.632. The summed E-state index contributed by atoms with van der Waals surface area (Å²) >= 11 is 3.55. The Balaban J connectivity index is 2.38. The van der Waals surface area contributed by atoms with Crippen LogP contribution in [0, 0.1) is 24.7 Å². The predicted octanol–water partition coefficient (Wildman–Crippen LogP) is 5.48. The minimum absolute atomic E-state index is 0.0602. The predicted molar refractivity (Wildman–Crippen MR) is 93.9 cm³/mol. The van der Waals surface area contributed by atoms with Gasteiger partial charge in [0.25, 0.3) is 0 Å². The van der Waals surface area contributed by atoms with Crippen molar-refractivity contribution in [1.82, 2.24) is 0 Å². The smallest absolute Gasteiger partial charge is 0.313 e. The van der Waals surface area contributed by atoms with Crippen LogP contribution < -0.4 is 0 Å². The first kappa shape index (κ1) is 17.5. The second kappa shape index (κ2) is 7.63. The Labute approximate surface area is 142 Å². The highest BCUT2D eigenvalue weighted by Gasteiger charge is 2.36. The highest BCUT2D eigenvalue weighted by Crippen LogP contribution is 2.42. The molecule has 1 aliphatic rings. The van der Waals surface area contributed by atoms with E-state index in [9.17, 15) is 4.79 Å². The van der Waals surface area contributed by atoms with Gasteiger partial charge in [0.2, 0.25) is 0 Å². The first-order chi connectivity index (χ1) is 10.4. The first-order valence-corrected chi connectivity index (χ1v) is 9.14.